The number of carbonyl (C=O) groups is 1. The number of nitrogens with zero attached hydrogens (tertiary/aromatic N) is 2. The summed E-state index contributed by atoms with van der Waals surface area (Å²) in [4.78, 5) is 17.2. The van der Waals surface area contributed by atoms with Crippen LogP contribution in [0.5, 0.6) is 0 Å². The fourth-order valence-electron chi connectivity index (χ4n) is 4.03. The number of hydrogen-bond acceptors (Lipinski definition) is 3. The van der Waals surface area contributed by atoms with Crippen LogP contribution >= 0.6 is 0 Å². The van der Waals surface area contributed by atoms with E-state index >= 15 is 0 Å². The minimum atomic E-state index is -0.167. The van der Waals surface area contributed by atoms with Gasteiger partial charge in [-0.05, 0) is 42.3 Å². The van der Waals surface area contributed by atoms with Crippen LogP contribution in [0.2, 0.25) is 0 Å². The van der Waals surface area contributed by atoms with E-state index in [1.165, 1.54) is 6.07 Å². The number of piperazine rings is 1. The van der Waals surface area contributed by atoms with Gasteiger partial charge in [-0.15, -0.1) is 0 Å². The molecule has 1 amide bonds. The van der Waals surface area contributed by atoms with E-state index in [2.05, 4.69) is 21.2 Å². The molecule has 0 aliphatic carbocycles. The van der Waals surface area contributed by atoms with Gasteiger partial charge in [0.2, 0.25) is 0 Å². The van der Waals surface area contributed by atoms with Crippen LogP contribution < -0.4 is 10.2 Å². The van der Waals surface area contributed by atoms with Crippen molar-refractivity contribution in [2.24, 2.45) is 0 Å². The number of carbonyl (C=O) groups excluding carboxylic acids is 1. The lowest BCUT2D eigenvalue weighted by Crippen LogP contribution is -2.46. The first-order valence-corrected chi connectivity index (χ1v) is 10.8. The molecule has 1 aliphatic rings. The zero-order valence-corrected chi connectivity index (χ0v) is 17.8. The minimum absolute atomic E-state index is 0.0520. The second kappa shape index (κ2) is 9.75. The molecule has 160 valence electrons. The van der Waals surface area contributed by atoms with Gasteiger partial charge in [-0.1, -0.05) is 54.6 Å². The van der Waals surface area contributed by atoms with Gasteiger partial charge in [-0.3, -0.25) is 9.69 Å². The average Bonchev–Trinajstić information content (AvgIpc) is 2.81. The molecule has 1 aliphatic heterocycles. The van der Waals surface area contributed by atoms with Crippen LogP contribution in [0, 0.1) is 5.82 Å². The molecule has 1 heterocycles. The minimum Gasteiger partial charge on any atom is -0.367 e. The Morgan fingerprint density at radius 2 is 1.65 bits per heavy atom. The molecule has 1 atom stereocenters. The van der Waals surface area contributed by atoms with Crippen molar-refractivity contribution in [3.8, 4) is 0 Å². The highest BCUT2D eigenvalue weighted by molar-refractivity contribution is 5.94. The van der Waals surface area contributed by atoms with Gasteiger partial charge in [0.25, 0.3) is 5.91 Å². The van der Waals surface area contributed by atoms with Crippen LogP contribution in [0.25, 0.3) is 0 Å². The summed E-state index contributed by atoms with van der Waals surface area (Å²) in [7, 11) is 0. The number of anilines is 1. The van der Waals surface area contributed by atoms with Crippen molar-refractivity contribution in [2.45, 2.75) is 19.5 Å². The Balaban J connectivity index is 1.34. The first kappa shape index (κ1) is 21.1. The highest BCUT2D eigenvalue weighted by Crippen LogP contribution is 2.21. The number of amides is 1. The number of halogens is 1. The van der Waals surface area contributed by atoms with E-state index in [0.717, 1.165) is 43.9 Å². The lowest BCUT2D eigenvalue weighted by atomic mass is 10.1. The lowest BCUT2D eigenvalue weighted by Gasteiger charge is -2.36. The van der Waals surface area contributed by atoms with E-state index in [0.29, 0.717) is 11.3 Å². The molecule has 0 aromatic heterocycles. The fraction of sp³-hybridized carbons (Fsp3) is 0.269. The molecule has 0 spiro atoms. The van der Waals surface area contributed by atoms with Gasteiger partial charge >= 0.3 is 0 Å². The zero-order valence-electron chi connectivity index (χ0n) is 17.8. The molecular formula is C26H28FN3O. The quantitative estimate of drug-likeness (QED) is 0.635. The van der Waals surface area contributed by atoms with E-state index in [1.807, 2.05) is 67.6 Å². The SMILES string of the molecule is C[C@@H](NC(=O)c1cccc(CN2CCN(c3ccccc3F)CC2)c1)c1ccccc1. The Labute approximate surface area is 183 Å². The van der Waals surface area contributed by atoms with Crippen molar-refractivity contribution < 1.29 is 9.18 Å². The van der Waals surface area contributed by atoms with E-state index in [9.17, 15) is 9.18 Å². The number of nitrogens with one attached hydrogen (secondary N) is 1. The highest BCUT2D eigenvalue weighted by Gasteiger charge is 2.20. The van der Waals surface area contributed by atoms with Gasteiger partial charge in [0.1, 0.15) is 5.82 Å². The van der Waals surface area contributed by atoms with Gasteiger partial charge in [-0.25, -0.2) is 4.39 Å². The van der Waals surface area contributed by atoms with Crippen LogP contribution in [0.1, 0.15) is 34.5 Å². The first-order chi connectivity index (χ1) is 15.1. The smallest absolute Gasteiger partial charge is 0.251 e. The third kappa shape index (κ3) is 5.30. The van der Waals surface area contributed by atoms with Crippen LogP contribution in [0.3, 0.4) is 0 Å². The van der Waals surface area contributed by atoms with Gasteiger partial charge in [0.05, 0.1) is 11.7 Å². The Kier molecular flexibility index (Phi) is 6.63. The predicted octanol–water partition coefficient (Wildman–Crippen LogP) is 4.64. The lowest BCUT2D eigenvalue weighted by molar-refractivity contribution is 0.0939. The molecule has 4 nitrogen and oxygen atoms in total. The zero-order chi connectivity index (χ0) is 21.6. The maximum absolute atomic E-state index is 14.0. The Morgan fingerprint density at radius 1 is 0.935 bits per heavy atom. The second-order valence-electron chi connectivity index (χ2n) is 8.02. The maximum Gasteiger partial charge on any atom is 0.251 e. The van der Waals surface area contributed by atoms with Gasteiger partial charge in [-0.2, -0.15) is 0 Å². The highest BCUT2D eigenvalue weighted by atomic mass is 19.1. The van der Waals surface area contributed by atoms with Crippen LogP contribution in [0.15, 0.2) is 78.9 Å². The van der Waals surface area contributed by atoms with Gasteiger partial charge < -0.3 is 10.2 Å². The molecule has 31 heavy (non-hydrogen) atoms. The summed E-state index contributed by atoms with van der Waals surface area (Å²) < 4.78 is 14.0. The Morgan fingerprint density at radius 3 is 2.39 bits per heavy atom. The fourth-order valence-corrected chi connectivity index (χ4v) is 4.03. The molecule has 3 aromatic carbocycles. The number of hydrogen-bond donors (Lipinski definition) is 1. The number of rotatable bonds is 6. The largest absolute Gasteiger partial charge is 0.367 e. The molecular weight excluding hydrogens is 389 g/mol. The second-order valence-corrected chi connectivity index (χ2v) is 8.02. The number of benzene rings is 3. The van der Waals surface area contributed by atoms with Crippen molar-refractivity contribution in [1.82, 2.24) is 10.2 Å². The van der Waals surface area contributed by atoms with Gasteiger partial charge in [0.15, 0.2) is 0 Å². The Bertz CT molecular complexity index is 1020. The van der Waals surface area contributed by atoms with Crippen LogP contribution in [0.4, 0.5) is 10.1 Å². The molecule has 0 radical (unpaired) electrons. The normalized spacial score (nSPS) is 15.5. The van der Waals surface area contributed by atoms with E-state index in [-0.39, 0.29) is 17.8 Å². The molecule has 0 unspecified atom stereocenters. The summed E-state index contributed by atoms with van der Waals surface area (Å²) in [6, 6.07) is 24.7. The van der Waals surface area contributed by atoms with Crippen LogP contribution in [-0.4, -0.2) is 37.0 Å². The molecule has 1 N–H and O–H groups in total. The van der Waals surface area contributed by atoms with E-state index < -0.39 is 0 Å². The summed E-state index contributed by atoms with van der Waals surface area (Å²) in [5.41, 5.74) is 3.54. The molecule has 1 fully saturated rings. The predicted molar refractivity (Wildman–Crippen MR) is 123 cm³/mol. The van der Waals surface area contributed by atoms with E-state index in [1.54, 1.807) is 6.07 Å². The topological polar surface area (TPSA) is 35.6 Å². The molecule has 5 heteroatoms. The molecule has 4 rings (SSSR count). The average molecular weight is 418 g/mol. The van der Waals surface area contributed by atoms with Gasteiger partial charge in [0, 0.05) is 38.3 Å². The molecule has 3 aromatic rings. The van der Waals surface area contributed by atoms with Crippen molar-refractivity contribution in [1.29, 1.82) is 0 Å². The maximum atomic E-state index is 14.0. The summed E-state index contributed by atoms with van der Waals surface area (Å²) in [6.07, 6.45) is 0. The monoisotopic (exact) mass is 417 g/mol. The molecule has 0 bridgehead atoms. The number of para-hydroxylation sites is 1. The van der Waals surface area contributed by atoms with Crippen molar-refractivity contribution >= 4 is 11.6 Å². The molecule has 0 saturated carbocycles. The first-order valence-electron chi connectivity index (χ1n) is 10.8. The van der Waals surface area contributed by atoms with E-state index in [4.69, 9.17) is 0 Å². The van der Waals surface area contributed by atoms with Crippen molar-refractivity contribution in [3.63, 3.8) is 0 Å². The van der Waals surface area contributed by atoms with Crippen molar-refractivity contribution in [2.75, 3.05) is 31.1 Å². The Hall–Kier alpha value is -3.18. The third-order valence-corrected chi connectivity index (χ3v) is 5.81. The van der Waals surface area contributed by atoms with Crippen molar-refractivity contribution in [3.05, 3.63) is 101 Å². The summed E-state index contributed by atoms with van der Waals surface area (Å²) in [5, 5.41) is 3.08. The summed E-state index contributed by atoms with van der Waals surface area (Å²) >= 11 is 0. The van der Waals surface area contributed by atoms with Crippen LogP contribution in [-0.2, 0) is 6.54 Å². The standard InChI is InChI=1S/C26H28FN3O/c1-20(22-9-3-2-4-10-22)28-26(31)23-11-7-8-21(18-23)19-29-14-16-30(17-15-29)25-13-6-5-12-24(25)27/h2-13,18,20H,14-17,19H2,1H3,(H,28,31)/t20-/m1/s1. The molecule has 1 saturated heterocycles. The summed E-state index contributed by atoms with van der Waals surface area (Å²) in [5.74, 6) is -0.234. The third-order valence-electron chi connectivity index (χ3n) is 5.81. The summed E-state index contributed by atoms with van der Waals surface area (Å²) in [6.45, 7) is 6.06.